The van der Waals surface area contributed by atoms with Crippen molar-refractivity contribution < 1.29 is 14.6 Å². The van der Waals surface area contributed by atoms with Crippen LogP contribution in [0.4, 0.5) is 0 Å². The normalized spacial score (nSPS) is 30.3. The summed E-state index contributed by atoms with van der Waals surface area (Å²) < 4.78 is 5.00. The average molecular weight is 262 g/mol. The Bertz CT molecular complexity index is 509. The number of rotatable bonds is 2. The third-order valence-corrected chi connectivity index (χ3v) is 4.95. The lowest BCUT2D eigenvalue weighted by Crippen LogP contribution is -2.43. The van der Waals surface area contributed by atoms with Crippen LogP contribution in [-0.4, -0.2) is 18.2 Å². The van der Waals surface area contributed by atoms with Gasteiger partial charge in [0.2, 0.25) is 0 Å². The summed E-state index contributed by atoms with van der Waals surface area (Å²) in [6.45, 7) is 6.01. The number of esters is 1. The van der Waals surface area contributed by atoms with E-state index in [0.29, 0.717) is 0 Å². The summed E-state index contributed by atoms with van der Waals surface area (Å²) in [5, 5.41) is 10.2. The molecule has 104 valence electrons. The number of carbonyl (C=O) groups excluding carboxylic acids is 1. The highest BCUT2D eigenvalue weighted by atomic mass is 16.5. The number of hydrogen-bond donors (Lipinski definition) is 1. The van der Waals surface area contributed by atoms with Crippen LogP contribution in [0, 0.1) is 12.3 Å². The summed E-state index contributed by atoms with van der Waals surface area (Å²) in [5.41, 5.74) is 0.995. The maximum absolute atomic E-state index is 12.2. The number of carbonyl (C=O) groups is 1. The minimum Gasteiger partial charge on any atom is -0.508 e. The topological polar surface area (TPSA) is 46.5 Å². The molecule has 2 atom stereocenters. The first kappa shape index (κ1) is 13.9. The summed E-state index contributed by atoms with van der Waals surface area (Å²) in [7, 11) is 1.43. The second-order valence-corrected chi connectivity index (χ2v) is 6.03. The predicted octanol–water partition coefficient (Wildman–Crippen LogP) is 3.32. The lowest BCUT2D eigenvalue weighted by atomic mass is 9.63. The summed E-state index contributed by atoms with van der Waals surface area (Å²) in [5.74, 6) is 0.0820. The van der Waals surface area contributed by atoms with Crippen LogP contribution < -0.4 is 0 Å². The van der Waals surface area contributed by atoms with Gasteiger partial charge in [0.25, 0.3) is 0 Å². The Morgan fingerprint density at radius 2 is 2.00 bits per heavy atom. The Balaban J connectivity index is 2.57. The maximum atomic E-state index is 12.2. The zero-order valence-corrected chi connectivity index (χ0v) is 12.1. The lowest BCUT2D eigenvalue weighted by molar-refractivity contribution is -0.154. The summed E-state index contributed by atoms with van der Waals surface area (Å²) in [4.78, 5) is 12.2. The van der Waals surface area contributed by atoms with Crippen LogP contribution in [0.3, 0.4) is 0 Å². The minimum absolute atomic E-state index is 0.187. The van der Waals surface area contributed by atoms with Crippen LogP contribution in [0.5, 0.6) is 5.75 Å². The summed E-state index contributed by atoms with van der Waals surface area (Å²) >= 11 is 0. The zero-order valence-electron chi connectivity index (χ0n) is 12.1. The molecule has 0 spiro atoms. The van der Waals surface area contributed by atoms with Gasteiger partial charge in [-0.3, -0.25) is 4.79 Å². The van der Waals surface area contributed by atoms with Crippen molar-refractivity contribution in [1.82, 2.24) is 0 Å². The molecule has 2 rings (SSSR count). The van der Waals surface area contributed by atoms with Gasteiger partial charge in [0, 0.05) is 11.0 Å². The third-order valence-electron chi connectivity index (χ3n) is 4.95. The fraction of sp³-hybridized carbons (Fsp3) is 0.562. The number of aromatic hydroxyl groups is 1. The average Bonchev–Trinajstić information content (AvgIpc) is 2.69. The van der Waals surface area contributed by atoms with E-state index < -0.39 is 5.41 Å². The Kier molecular flexibility index (Phi) is 3.33. The van der Waals surface area contributed by atoms with E-state index in [9.17, 15) is 9.90 Å². The molecule has 0 aromatic heterocycles. The number of phenolic OH excluding ortho intramolecular Hbond substituents is 1. The molecule has 0 bridgehead atoms. The van der Waals surface area contributed by atoms with Gasteiger partial charge < -0.3 is 9.84 Å². The molecular formula is C16H22O3. The first-order valence-corrected chi connectivity index (χ1v) is 6.74. The molecule has 1 aromatic rings. The van der Waals surface area contributed by atoms with E-state index in [1.165, 1.54) is 7.11 Å². The van der Waals surface area contributed by atoms with Crippen molar-refractivity contribution >= 4 is 5.97 Å². The first-order valence-electron chi connectivity index (χ1n) is 6.74. The molecule has 0 radical (unpaired) electrons. The Morgan fingerprint density at radius 3 is 2.63 bits per heavy atom. The van der Waals surface area contributed by atoms with E-state index in [4.69, 9.17) is 4.74 Å². The predicted molar refractivity (Wildman–Crippen MR) is 74.2 cm³/mol. The monoisotopic (exact) mass is 262 g/mol. The Hall–Kier alpha value is -1.51. The van der Waals surface area contributed by atoms with Gasteiger partial charge in [0.05, 0.1) is 12.5 Å². The fourth-order valence-electron chi connectivity index (χ4n) is 3.42. The Labute approximate surface area is 114 Å². The summed E-state index contributed by atoms with van der Waals surface area (Å²) in [6.07, 6.45) is 2.65. The van der Waals surface area contributed by atoms with Crippen LogP contribution in [0.25, 0.3) is 0 Å². The smallest absolute Gasteiger partial charge is 0.312 e. The van der Waals surface area contributed by atoms with Crippen molar-refractivity contribution in [1.29, 1.82) is 0 Å². The van der Waals surface area contributed by atoms with E-state index >= 15 is 0 Å². The number of benzene rings is 1. The van der Waals surface area contributed by atoms with Crippen molar-refractivity contribution in [3.05, 3.63) is 29.3 Å². The number of aryl methyl sites for hydroxylation is 1. The molecule has 19 heavy (non-hydrogen) atoms. The van der Waals surface area contributed by atoms with Gasteiger partial charge in [-0.25, -0.2) is 0 Å². The number of phenols is 1. The highest BCUT2D eigenvalue weighted by Gasteiger charge is 2.55. The largest absolute Gasteiger partial charge is 0.508 e. The van der Waals surface area contributed by atoms with E-state index in [0.717, 1.165) is 30.4 Å². The van der Waals surface area contributed by atoms with Crippen LogP contribution in [0.2, 0.25) is 0 Å². The van der Waals surface area contributed by atoms with Gasteiger partial charge in [-0.2, -0.15) is 0 Å². The highest BCUT2D eigenvalue weighted by molar-refractivity contribution is 5.79. The quantitative estimate of drug-likeness (QED) is 0.832. The number of hydrogen-bond acceptors (Lipinski definition) is 3. The van der Waals surface area contributed by atoms with Crippen molar-refractivity contribution in [2.45, 2.75) is 45.4 Å². The standard InChI is InChI=1S/C16H22O3/c1-11-6-7-13(17)12(10-11)15(2)8-5-9-16(15,3)14(18)19-4/h6-7,10,17H,5,8-9H2,1-4H3/t15-,16+/m0/s1. The molecule has 1 aliphatic rings. The highest BCUT2D eigenvalue weighted by Crippen LogP contribution is 2.56. The molecule has 3 nitrogen and oxygen atoms in total. The van der Waals surface area contributed by atoms with E-state index in [-0.39, 0.29) is 17.1 Å². The number of ether oxygens (including phenoxy) is 1. The first-order chi connectivity index (χ1) is 8.85. The van der Waals surface area contributed by atoms with Crippen LogP contribution in [0.15, 0.2) is 18.2 Å². The molecule has 0 unspecified atom stereocenters. The molecule has 0 heterocycles. The Morgan fingerprint density at radius 1 is 1.32 bits per heavy atom. The minimum atomic E-state index is -0.576. The summed E-state index contributed by atoms with van der Waals surface area (Å²) in [6, 6.07) is 5.58. The second-order valence-electron chi connectivity index (χ2n) is 6.03. The third kappa shape index (κ3) is 1.92. The molecule has 0 aliphatic heterocycles. The molecule has 3 heteroatoms. The van der Waals surface area contributed by atoms with Gasteiger partial charge in [-0.1, -0.05) is 31.0 Å². The van der Waals surface area contributed by atoms with Crippen LogP contribution >= 0.6 is 0 Å². The van der Waals surface area contributed by atoms with Gasteiger partial charge in [-0.15, -0.1) is 0 Å². The van der Waals surface area contributed by atoms with E-state index in [1.807, 2.05) is 26.0 Å². The van der Waals surface area contributed by atoms with E-state index in [2.05, 4.69) is 6.92 Å². The second kappa shape index (κ2) is 4.55. The van der Waals surface area contributed by atoms with Crippen molar-refractivity contribution in [2.24, 2.45) is 5.41 Å². The molecule has 0 amide bonds. The lowest BCUT2D eigenvalue weighted by Gasteiger charge is -2.39. The molecule has 1 fully saturated rings. The number of methoxy groups -OCH3 is 1. The molecule has 1 aliphatic carbocycles. The molecular weight excluding hydrogens is 240 g/mol. The van der Waals surface area contributed by atoms with E-state index in [1.54, 1.807) is 6.07 Å². The zero-order chi connectivity index (χ0) is 14.3. The molecule has 1 saturated carbocycles. The van der Waals surface area contributed by atoms with Gasteiger partial charge in [0.1, 0.15) is 5.75 Å². The maximum Gasteiger partial charge on any atom is 0.312 e. The van der Waals surface area contributed by atoms with Crippen molar-refractivity contribution in [2.75, 3.05) is 7.11 Å². The van der Waals surface area contributed by atoms with Crippen LogP contribution in [0.1, 0.15) is 44.2 Å². The molecule has 0 saturated heterocycles. The van der Waals surface area contributed by atoms with Crippen LogP contribution in [-0.2, 0) is 14.9 Å². The molecule has 1 N–H and O–H groups in total. The van der Waals surface area contributed by atoms with Crippen molar-refractivity contribution in [3.63, 3.8) is 0 Å². The van der Waals surface area contributed by atoms with Gasteiger partial charge in [-0.05, 0) is 32.8 Å². The SMILES string of the molecule is COC(=O)[C@@]1(C)CCC[C@@]1(C)c1cc(C)ccc1O. The van der Waals surface area contributed by atoms with Crippen molar-refractivity contribution in [3.8, 4) is 5.75 Å². The van der Waals surface area contributed by atoms with Gasteiger partial charge >= 0.3 is 5.97 Å². The van der Waals surface area contributed by atoms with Gasteiger partial charge in [0.15, 0.2) is 0 Å². The molecule has 1 aromatic carbocycles. The fourth-order valence-corrected chi connectivity index (χ4v) is 3.42.